The normalized spacial score (nSPS) is 10.4. The van der Waals surface area contributed by atoms with E-state index in [1.807, 2.05) is 26.0 Å². The van der Waals surface area contributed by atoms with Gasteiger partial charge in [0.2, 0.25) is 0 Å². The van der Waals surface area contributed by atoms with Crippen LogP contribution in [0, 0.1) is 5.41 Å². The van der Waals surface area contributed by atoms with E-state index in [0.29, 0.717) is 18.0 Å². The van der Waals surface area contributed by atoms with Gasteiger partial charge < -0.3 is 15.9 Å². The average Bonchev–Trinajstić information content (AvgIpc) is 2.26. The van der Waals surface area contributed by atoms with Crippen molar-refractivity contribution in [2.45, 2.75) is 20.0 Å². The Balaban J connectivity index is 2.80. The third-order valence-corrected chi connectivity index (χ3v) is 2.22. The molecule has 1 aromatic rings. The molecule has 0 atom stereocenters. The summed E-state index contributed by atoms with van der Waals surface area (Å²) in [5.41, 5.74) is 8.56. The lowest BCUT2D eigenvalue weighted by Gasteiger charge is -2.10. The molecule has 3 N–H and O–H groups in total. The average molecular weight is 218 g/mol. The molecule has 0 saturated carbocycles. The molecule has 0 radical (unpaired) electrons. The second-order valence-electron chi connectivity index (χ2n) is 3.89. The standard InChI is InChI=1S/C13H18N2O/c1-4-10-7-11(5-6-12(10)14)13(15)8-16-9(2)3/h4-7,9,15H,1,8,14H2,2-3H3. The van der Waals surface area contributed by atoms with Crippen LogP contribution in [0.25, 0.3) is 6.08 Å². The maximum absolute atomic E-state index is 7.87. The molecule has 0 aliphatic heterocycles. The first-order chi connectivity index (χ1) is 7.54. The minimum Gasteiger partial charge on any atom is -0.398 e. The predicted molar refractivity (Wildman–Crippen MR) is 68.9 cm³/mol. The first-order valence-corrected chi connectivity index (χ1v) is 5.26. The van der Waals surface area contributed by atoms with Gasteiger partial charge >= 0.3 is 0 Å². The van der Waals surface area contributed by atoms with Crippen molar-refractivity contribution in [1.82, 2.24) is 0 Å². The highest BCUT2D eigenvalue weighted by Crippen LogP contribution is 2.15. The van der Waals surface area contributed by atoms with Gasteiger partial charge in [0.05, 0.1) is 18.4 Å². The molecule has 0 aromatic heterocycles. The van der Waals surface area contributed by atoms with E-state index < -0.39 is 0 Å². The first kappa shape index (κ1) is 12.5. The number of nitrogens with one attached hydrogen (secondary N) is 1. The van der Waals surface area contributed by atoms with Gasteiger partial charge in [-0.3, -0.25) is 0 Å². The highest BCUT2D eigenvalue weighted by molar-refractivity contribution is 6.00. The van der Waals surface area contributed by atoms with E-state index in [0.717, 1.165) is 11.1 Å². The van der Waals surface area contributed by atoms with Crippen molar-refractivity contribution >= 4 is 17.5 Å². The zero-order chi connectivity index (χ0) is 12.1. The molecular formula is C13H18N2O. The smallest absolute Gasteiger partial charge is 0.0890 e. The van der Waals surface area contributed by atoms with E-state index >= 15 is 0 Å². The van der Waals surface area contributed by atoms with Crippen molar-refractivity contribution in [3.63, 3.8) is 0 Å². The van der Waals surface area contributed by atoms with Crippen LogP contribution >= 0.6 is 0 Å². The molecule has 0 aliphatic rings. The summed E-state index contributed by atoms with van der Waals surface area (Å²) in [5.74, 6) is 0. The van der Waals surface area contributed by atoms with Gasteiger partial charge in [-0.2, -0.15) is 0 Å². The third-order valence-electron chi connectivity index (χ3n) is 2.22. The minimum atomic E-state index is 0.132. The summed E-state index contributed by atoms with van der Waals surface area (Å²) in [6.07, 6.45) is 1.82. The lowest BCUT2D eigenvalue weighted by molar-refractivity contribution is 0.111. The number of nitrogens with two attached hydrogens (primary N) is 1. The largest absolute Gasteiger partial charge is 0.398 e. The quantitative estimate of drug-likeness (QED) is 0.589. The number of rotatable bonds is 5. The lowest BCUT2D eigenvalue weighted by Crippen LogP contribution is -2.13. The van der Waals surface area contributed by atoms with Crippen LogP contribution in [0.3, 0.4) is 0 Å². The van der Waals surface area contributed by atoms with Crippen molar-refractivity contribution in [1.29, 1.82) is 5.41 Å². The molecule has 16 heavy (non-hydrogen) atoms. The van der Waals surface area contributed by atoms with Crippen LogP contribution in [0.5, 0.6) is 0 Å². The number of hydrogen-bond donors (Lipinski definition) is 2. The van der Waals surface area contributed by atoms with E-state index in [9.17, 15) is 0 Å². The van der Waals surface area contributed by atoms with Crippen LogP contribution in [-0.2, 0) is 4.74 Å². The Hall–Kier alpha value is -1.61. The van der Waals surface area contributed by atoms with Gasteiger partial charge in [0, 0.05) is 5.69 Å². The zero-order valence-corrected chi connectivity index (χ0v) is 9.79. The highest BCUT2D eigenvalue weighted by Gasteiger charge is 2.05. The monoisotopic (exact) mass is 218 g/mol. The molecule has 1 rings (SSSR count). The number of ether oxygens (including phenoxy) is 1. The summed E-state index contributed by atoms with van der Waals surface area (Å²) in [6.45, 7) is 7.90. The zero-order valence-electron chi connectivity index (χ0n) is 9.79. The Morgan fingerprint density at radius 2 is 2.25 bits per heavy atom. The SMILES string of the molecule is C=Cc1cc(C(=N)COC(C)C)ccc1N. The Morgan fingerprint density at radius 3 is 2.81 bits per heavy atom. The fourth-order valence-corrected chi connectivity index (χ4v) is 1.27. The number of nitrogen functional groups attached to an aromatic ring is 1. The van der Waals surface area contributed by atoms with Crippen LogP contribution in [-0.4, -0.2) is 18.4 Å². The van der Waals surface area contributed by atoms with Crippen LogP contribution < -0.4 is 5.73 Å². The van der Waals surface area contributed by atoms with E-state index in [2.05, 4.69) is 6.58 Å². The molecule has 3 heteroatoms. The molecule has 1 aromatic carbocycles. The molecule has 0 saturated heterocycles. The van der Waals surface area contributed by atoms with E-state index in [1.165, 1.54) is 0 Å². The van der Waals surface area contributed by atoms with Gasteiger partial charge in [-0.1, -0.05) is 18.7 Å². The first-order valence-electron chi connectivity index (χ1n) is 5.26. The molecule has 0 heterocycles. The summed E-state index contributed by atoms with van der Waals surface area (Å²) in [6, 6.07) is 5.47. The van der Waals surface area contributed by atoms with Crippen molar-refractivity contribution in [2.24, 2.45) is 0 Å². The molecule has 0 amide bonds. The molecule has 0 bridgehead atoms. The molecule has 86 valence electrons. The summed E-state index contributed by atoms with van der Waals surface area (Å²) in [5, 5.41) is 7.87. The van der Waals surface area contributed by atoms with Gasteiger partial charge in [0.25, 0.3) is 0 Å². The maximum Gasteiger partial charge on any atom is 0.0890 e. The second-order valence-corrected chi connectivity index (χ2v) is 3.89. The van der Waals surface area contributed by atoms with Gasteiger partial charge in [-0.25, -0.2) is 0 Å². The van der Waals surface area contributed by atoms with Crippen LogP contribution in [0.2, 0.25) is 0 Å². The van der Waals surface area contributed by atoms with Gasteiger partial charge in [-0.15, -0.1) is 0 Å². The third kappa shape index (κ3) is 3.21. The van der Waals surface area contributed by atoms with Gasteiger partial charge in [-0.05, 0) is 37.1 Å². The van der Waals surface area contributed by atoms with Crippen molar-refractivity contribution in [3.8, 4) is 0 Å². The lowest BCUT2D eigenvalue weighted by atomic mass is 10.1. The van der Waals surface area contributed by atoms with Crippen molar-refractivity contribution in [2.75, 3.05) is 12.3 Å². The van der Waals surface area contributed by atoms with Crippen LogP contribution in [0.1, 0.15) is 25.0 Å². The summed E-state index contributed by atoms with van der Waals surface area (Å²) < 4.78 is 5.38. The van der Waals surface area contributed by atoms with E-state index in [-0.39, 0.29) is 6.10 Å². The number of hydrogen-bond acceptors (Lipinski definition) is 3. The molecule has 3 nitrogen and oxygen atoms in total. The topological polar surface area (TPSA) is 59.1 Å². The Morgan fingerprint density at radius 1 is 1.56 bits per heavy atom. The predicted octanol–water partition coefficient (Wildman–Crippen LogP) is 2.70. The Kier molecular flexibility index (Phi) is 4.26. The Labute approximate surface area is 96.4 Å². The van der Waals surface area contributed by atoms with Gasteiger partial charge in [0.1, 0.15) is 0 Å². The van der Waals surface area contributed by atoms with E-state index in [1.54, 1.807) is 12.1 Å². The summed E-state index contributed by atoms with van der Waals surface area (Å²) in [4.78, 5) is 0. The molecule has 0 spiro atoms. The molecule has 0 unspecified atom stereocenters. The van der Waals surface area contributed by atoms with Crippen LogP contribution in [0.15, 0.2) is 24.8 Å². The molecule has 0 fully saturated rings. The fourth-order valence-electron chi connectivity index (χ4n) is 1.27. The van der Waals surface area contributed by atoms with Crippen molar-refractivity contribution < 1.29 is 4.74 Å². The maximum atomic E-state index is 7.87. The molecular weight excluding hydrogens is 200 g/mol. The fraction of sp³-hybridized carbons (Fsp3) is 0.308. The Bertz CT molecular complexity index is 397. The highest BCUT2D eigenvalue weighted by atomic mass is 16.5. The van der Waals surface area contributed by atoms with E-state index in [4.69, 9.17) is 15.9 Å². The summed E-state index contributed by atoms with van der Waals surface area (Å²) >= 11 is 0. The summed E-state index contributed by atoms with van der Waals surface area (Å²) in [7, 11) is 0. The number of benzene rings is 1. The molecule has 0 aliphatic carbocycles. The van der Waals surface area contributed by atoms with Gasteiger partial charge in [0.15, 0.2) is 0 Å². The second kappa shape index (κ2) is 5.47. The minimum absolute atomic E-state index is 0.132. The number of anilines is 1. The van der Waals surface area contributed by atoms with Crippen molar-refractivity contribution in [3.05, 3.63) is 35.9 Å². The van der Waals surface area contributed by atoms with Crippen LogP contribution in [0.4, 0.5) is 5.69 Å².